The summed E-state index contributed by atoms with van der Waals surface area (Å²) in [5.41, 5.74) is 5.82. The van der Waals surface area contributed by atoms with Gasteiger partial charge in [-0.05, 0) is 30.7 Å². The molecular formula is C22H22N6O. The second-order valence-electron chi connectivity index (χ2n) is 7.08. The van der Waals surface area contributed by atoms with E-state index in [0.717, 1.165) is 77.7 Å². The number of fused-ring (bicyclic) bond motifs is 1. The topological polar surface area (TPSA) is 79.8 Å². The van der Waals surface area contributed by atoms with Crippen LogP contribution in [0.5, 0.6) is 0 Å². The van der Waals surface area contributed by atoms with Gasteiger partial charge in [0.2, 0.25) is 0 Å². The molecule has 1 fully saturated rings. The Labute approximate surface area is 168 Å². The third-order valence-electron chi connectivity index (χ3n) is 5.28. The highest BCUT2D eigenvalue weighted by Gasteiger charge is 2.15. The maximum Gasteiger partial charge on any atom is 0.129 e. The van der Waals surface area contributed by atoms with Crippen LogP contribution in [-0.2, 0) is 11.2 Å². The zero-order valence-electron chi connectivity index (χ0n) is 16.3. The second-order valence-corrected chi connectivity index (χ2v) is 7.08. The van der Waals surface area contributed by atoms with Crippen molar-refractivity contribution >= 4 is 16.7 Å². The Hall–Kier alpha value is -3.32. The number of rotatable bonds is 4. The molecule has 0 radical (unpaired) electrons. The molecule has 0 amide bonds. The summed E-state index contributed by atoms with van der Waals surface area (Å²) in [7, 11) is 0. The highest BCUT2D eigenvalue weighted by Crippen LogP contribution is 2.31. The van der Waals surface area contributed by atoms with Crippen molar-refractivity contribution in [1.29, 1.82) is 0 Å². The average molecular weight is 386 g/mol. The van der Waals surface area contributed by atoms with Crippen LogP contribution in [0.2, 0.25) is 0 Å². The van der Waals surface area contributed by atoms with Gasteiger partial charge in [0.05, 0.1) is 36.3 Å². The fraction of sp³-hybridized carbons (Fsp3) is 0.273. The van der Waals surface area contributed by atoms with Crippen molar-refractivity contribution in [2.24, 2.45) is 0 Å². The van der Waals surface area contributed by atoms with Crippen molar-refractivity contribution in [2.75, 3.05) is 31.2 Å². The van der Waals surface area contributed by atoms with Gasteiger partial charge < -0.3 is 9.64 Å². The fourth-order valence-corrected chi connectivity index (χ4v) is 3.61. The van der Waals surface area contributed by atoms with Crippen molar-refractivity contribution in [3.63, 3.8) is 0 Å². The monoisotopic (exact) mass is 386 g/mol. The molecule has 1 aromatic carbocycles. The van der Waals surface area contributed by atoms with Crippen LogP contribution < -0.4 is 4.90 Å². The lowest BCUT2D eigenvalue weighted by Crippen LogP contribution is -2.36. The van der Waals surface area contributed by atoms with Crippen LogP contribution in [0.25, 0.3) is 33.4 Å². The first-order chi connectivity index (χ1) is 14.3. The highest BCUT2D eigenvalue weighted by molar-refractivity contribution is 5.95. The smallest absolute Gasteiger partial charge is 0.129 e. The van der Waals surface area contributed by atoms with E-state index in [1.54, 1.807) is 0 Å². The first-order valence-electron chi connectivity index (χ1n) is 9.90. The Bertz CT molecular complexity index is 1130. The Morgan fingerprint density at radius 2 is 1.90 bits per heavy atom. The van der Waals surface area contributed by atoms with E-state index in [-0.39, 0.29) is 0 Å². The molecule has 3 aromatic heterocycles. The highest BCUT2D eigenvalue weighted by atomic mass is 16.5. The molecule has 1 N–H and O–H groups in total. The SMILES string of the molecule is CCc1cnc(-c2ccc3[nH]nc(-c4ccnc(N5CCOCC5)c4)c3c2)cn1. The first kappa shape index (κ1) is 17.8. The number of aryl methyl sites for hydroxylation is 1. The van der Waals surface area contributed by atoms with E-state index in [1.165, 1.54) is 0 Å². The van der Waals surface area contributed by atoms with Gasteiger partial charge in [-0.1, -0.05) is 13.0 Å². The fourth-order valence-electron chi connectivity index (χ4n) is 3.61. The van der Waals surface area contributed by atoms with Crippen molar-refractivity contribution < 1.29 is 4.74 Å². The molecule has 0 spiro atoms. The summed E-state index contributed by atoms with van der Waals surface area (Å²) < 4.78 is 5.45. The largest absolute Gasteiger partial charge is 0.378 e. The number of aromatic nitrogens is 5. The van der Waals surface area contributed by atoms with E-state index < -0.39 is 0 Å². The van der Waals surface area contributed by atoms with Crippen LogP contribution in [-0.4, -0.2) is 51.5 Å². The molecule has 0 saturated carbocycles. The zero-order chi connectivity index (χ0) is 19.6. The quantitative estimate of drug-likeness (QED) is 0.578. The molecule has 29 heavy (non-hydrogen) atoms. The third kappa shape index (κ3) is 3.45. The minimum atomic E-state index is 0.735. The number of pyridine rings is 1. The first-order valence-corrected chi connectivity index (χ1v) is 9.90. The van der Waals surface area contributed by atoms with Gasteiger partial charge in [-0.25, -0.2) is 4.98 Å². The summed E-state index contributed by atoms with van der Waals surface area (Å²) in [5.74, 6) is 0.958. The molecule has 5 rings (SSSR count). The number of nitrogens with one attached hydrogen (secondary N) is 1. The number of nitrogens with zero attached hydrogens (tertiary/aromatic N) is 5. The molecular weight excluding hydrogens is 364 g/mol. The Morgan fingerprint density at radius 3 is 2.69 bits per heavy atom. The van der Waals surface area contributed by atoms with E-state index in [0.29, 0.717) is 0 Å². The van der Waals surface area contributed by atoms with Crippen LogP contribution in [0.1, 0.15) is 12.6 Å². The van der Waals surface area contributed by atoms with Crippen LogP contribution >= 0.6 is 0 Å². The lowest BCUT2D eigenvalue weighted by atomic mass is 10.0. The zero-order valence-corrected chi connectivity index (χ0v) is 16.3. The second kappa shape index (κ2) is 7.60. The van der Waals surface area contributed by atoms with Crippen LogP contribution in [0.3, 0.4) is 0 Å². The Morgan fingerprint density at radius 1 is 1.00 bits per heavy atom. The maximum atomic E-state index is 5.45. The normalized spacial score (nSPS) is 14.4. The molecule has 7 heteroatoms. The van der Waals surface area contributed by atoms with Gasteiger partial charge in [-0.15, -0.1) is 0 Å². The van der Waals surface area contributed by atoms with Crippen molar-refractivity contribution in [1.82, 2.24) is 25.1 Å². The number of H-pyrrole nitrogens is 1. The Balaban J connectivity index is 1.53. The number of aromatic amines is 1. The molecule has 7 nitrogen and oxygen atoms in total. The summed E-state index contributed by atoms with van der Waals surface area (Å²) in [6.07, 6.45) is 6.40. The average Bonchev–Trinajstić information content (AvgIpc) is 3.23. The molecule has 0 bridgehead atoms. The van der Waals surface area contributed by atoms with Gasteiger partial charge >= 0.3 is 0 Å². The van der Waals surface area contributed by atoms with Crippen LogP contribution in [0.4, 0.5) is 5.82 Å². The number of morpholine rings is 1. The standard InChI is InChI=1S/C22H22N6O/c1-2-17-13-25-20(14-24-17)15-3-4-19-18(11-15)22(27-26-19)16-5-6-23-21(12-16)28-7-9-29-10-8-28/h3-6,11-14H,2,7-10H2,1H3,(H,26,27). The predicted octanol–water partition coefficient (Wildman–Crippen LogP) is 3.48. The molecule has 0 aliphatic carbocycles. The van der Waals surface area contributed by atoms with Gasteiger partial charge in [0, 0.05) is 42.0 Å². The molecule has 146 valence electrons. The molecule has 0 unspecified atom stereocenters. The molecule has 0 atom stereocenters. The maximum absolute atomic E-state index is 5.45. The number of anilines is 1. The number of ether oxygens (including phenoxy) is 1. The number of benzene rings is 1. The minimum Gasteiger partial charge on any atom is -0.378 e. The predicted molar refractivity (Wildman–Crippen MR) is 113 cm³/mol. The van der Waals surface area contributed by atoms with E-state index >= 15 is 0 Å². The van der Waals surface area contributed by atoms with E-state index in [9.17, 15) is 0 Å². The van der Waals surface area contributed by atoms with Crippen molar-refractivity contribution in [3.05, 3.63) is 54.6 Å². The van der Waals surface area contributed by atoms with E-state index in [1.807, 2.05) is 36.8 Å². The van der Waals surface area contributed by atoms with Crippen molar-refractivity contribution in [3.8, 4) is 22.5 Å². The Kier molecular flexibility index (Phi) is 4.65. The number of hydrogen-bond donors (Lipinski definition) is 1. The minimum absolute atomic E-state index is 0.735. The van der Waals surface area contributed by atoms with Crippen molar-refractivity contribution in [2.45, 2.75) is 13.3 Å². The van der Waals surface area contributed by atoms with Gasteiger partial charge in [-0.3, -0.25) is 15.1 Å². The third-order valence-corrected chi connectivity index (χ3v) is 5.28. The molecule has 1 aliphatic heterocycles. The molecule has 4 heterocycles. The van der Waals surface area contributed by atoms with Crippen LogP contribution in [0, 0.1) is 0 Å². The van der Waals surface area contributed by atoms with Gasteiger partial charge in [0.25, 0.3) is 0 Å². The van der Waals surface area contributed by atoms with Gasteiger partial charge in [0.15, 0.2) is 0 Å². The van der Waals surface area contributed by atoms with E-state index in [4.69, 9.17) is 4.74 Å². The summed E-state index contributed by atoms with van der Waals surface area (Å²) >= 11 is 0. The molecule has 1 saturated heterocycles. The summed E-state index contributed by atoms with van der Waals surface area (Å²) in [6, 6.07) is 10.3. The molecule has 1 aliphatic rings. The number of hydrogen-bond acceptors (Lipinski definition) is 6. The van der Waals surface area contributed by atoms with Crippen LogP contribution in [0.15, 0.2) is 48.9 Å². The summed E-state index contributed by atoms with van der Waals surface area (Å²) in [5, 5.41) is 8.78. The lowest BCUT2D eigenvalue weighted by molar-refractivity contribution is 0.122. The lowest BCUT2D eigenvalue weighted by Gasteiger charge is -2.27. The molecule has 4 aromatic rings. The summed E-state index contributed by atoms with van der Waals surface area (Å²) in [6.45, 7) is 5.26. The van der Waals surface area contributed by atoms with Gasteiger partial charge in [0.1, 0.15) is 11.5 Å². The van der Waals surface area contributed by atoms with E-state index in [2.05, 4.69) is 49.1 Å². The van der Waals surface area contributed by atoms with Gasteiger partial charge in [-0.2, -0.15) is 5.10 Å². The summed E-state index contributed by atoms with van der Waals surface area (Å²) in [4.78, 5) is 15.8.